The highest BCUT2D eigenvalue weighted by Crippen LogP contribution is 2.33. The molecule has 3 rings (SSSR count). The lowest BCUT2D eigenvalue weighted by Gasteiger charge is -2.54. The molecule has 1 aromatic heterocycles. The molecule has 0 radical (unpaired) electrons. The van der Waals surface area contributed by atoms with Crippen LogP contribution in [0.2, 0.25) is 0 Å². The molecule has 2 aliphatic heterocycles. The van der Waals surface area contributed by atoms with E-state index < -0.39 is 0 Å². The van der Waals surface area contributed by atoms with Gasteiger partial charge in [0.15, 0.2) is 0 Å². The number of thiophene rings is 1. The molecule has 0 aliphatic carbocycles. The molecule has 1 aromatic rings. The van der Waals surface area contributed by atoms with E-state index >= 15 is 0 Å². The van der Waals surface area contributed by atoms with Crippen LogP contribution in [0.3, 0.4) is 0 Å². The number of nitrogens with one attached hydrogen (secondary N) is 1. The van der Waals surface area contributed by atoms with Crippen LogP contribution in [0.4, 0.5) is 0 Å². The molecule has 1 spiro atoms. The molecule has 0 aromatic carbocycles. The Bertz CT molecular complexity index is 510. The molecule has 3 heterocycles. The molecule has 19 heavy (non-hydrogen) atoms. The predicted octanol–water partition coefficient (Wildman–Crippen LogP) is 2.10. The maximum atomic E-state index is 12.6. The van der Waals surface area contributed by atoms with E-state index in [9.17, 15) is 4.79 Å². The third-order valence-electron chi connectivity index (χ3n) is 3.51. The zero-order valence-electron chi connectivity index (χ0n) is 11.0. The van der Waals surface area contributed by atoms with E-state index in [1.165, 1.54) is 11.3 Å². The van der Waals surface area contributed by atoms with Crippen molar-refractivity contribution in [2.45, 2.75) is 25.0 Å². The van der Waals surface area contributed by atoms with Crippen LogP contribution in [0.5, 0.6) is 0 Å². The zero-order valence-corrected chi connectivity index (χ0v) is 13.4. The molecule has 2 aliphatic rings. The van der Waals surface area contributed by atoms with E-state index in [0.29, 0.717) is 13.1 Å². The predicted molar refractivity (Wildman–Crippen MR) is 78.7 cm³/mol. The van der Waals surface area contributed by atoms with Gasteiger partial charge in [-0.25, -0.2) is 0 Å². The maximum absolute atomic E-state index is 12.6. The second-order valence-electron chi connectivity index (χ2n) is 5.91. The summed E-state index contributed by atoms with van der Waals surface area (Å²) in [4.78, 5) is 15.3. The van der Waals surface area contributed by atoms with Crippen LogP contribution in [-0.2, 0) is 4.74 Å². The number of halogens is 1. The Morgan fingerprint density at radius 2 is 2.16 bits per heavy atom. The van der Waals surface area contributed by atoms with Crippen LogP contribution in [0.15, 0.2) is 15.9 Å². The maximum Gasteiger partial charge on any atom is 0.264 e. The van der Waals surface area contributed by atoms with Gasteiger partial charge in [0.25, 0.3) is 5.91 Å². The number of hydrogen-bond donors (Lipinski definition) is 1. The topological polar surface area (TPSA) is 41.6 Å². The van der Waals surface area contributed by atoms with Crippen molar-refractivity contribution in [2.24, 2.45) is 0 Å². The molecule has 104 valence electrons. The quantitative estimate of drug-likeness (QED) is 0.848. The molecule has 0 atom stereocenters. The number of rotatable bonds is 1. The number of ether oxygens (including phenoxy) is 1. The van der Waals surface area contributed by atoms with Gasteiger partial charge in [0.05, 0.1) is 20.8 Å². The standard InChI is InChI=1S/C13H17BrN2O2S/c1-12(2)7-16(8-13(18-12)5-15-6-13)11(17)9-3-4-10(14)19-9/h3-4,15H,5-8H2,1-2H3. The summed E-state index contributed by atoms with van der Waals surface area (Å²) in [7, 11) is 0. The molecular formula is C13H17BrN2O2S. The molecule has 0 saturated carbocycles. The summed E-state index contributed by atoms with van der Waals surface area (Å²) >= 11 is 4.89. The van der Waals surface area contributed by atoms with Crippen molar-refractivity contribution in [1.29, 1.82) is 0 Å². The number of carbonyl (C=O) groups is 1. The summed E-state index contributed by atoms with van der Waals surface area (Å²) in [5.41, 5.74) is -0.476. The lowest BCUT2D eigenvalue weighted by molar-refractivity contribution is -0.206. The number of morpholine rings is 1. The van der Waals surface area contributed by atoms with Crippen molar-refractivity contribution in [2.75, 3.05) is 26.2 Å². The summed E-state index contributed by atoms with van der Waals surface area (Å²) in [6, 6.07) is 3.80. The minimum Gasteiger partial charge on any atom is -0.363 e. The van der Waals surface area contributed by atoms with Crippen molar-refractivity contribution >= 4 is 33.2 Å². The van der Waals surface area contributed by atoms with E-state index in [1.807, 2.05) is 17.0 Å². The fourth-order valence-corrected chi connectivity index (χ4v) is 4.18. The van der Waals surface area contributed by atoms with E-state index in [4.69, 9.17) is 4.74 Å². The highest BCUT2D eigenvalue weighted by Gasteiger charge is 2.49. The van der Waals surface area contributed by atoms with E-state index in [2.05, 4.69) is 35.1 Å². The van der Waals surface area contributed by atoms with Crippen LogP contribution in [0, 0.1) is 0 Å². The highest BCUT2D eigenvalue weighted by atomic mass is 79.9. The smallest absolute Gasteiger partial charge is 0.264 e. The number of carbonyl (C=O) groups excluding carboxylic acids is 1. The first-order chi connectivity index (χ1) is 8.89. The van der Waals surface area contributed by atoms with Gasteiger partial charge < -0.3 is 15.0 Å². The molecular weight excluding hydrogens is 328 g/mol. The lowest BCUT2D eigenvalue weighted by Crippen LogP contribution is -2.73. The Morgan fingerprint density at radius 3 is 2.68 bits per heavy atom. The van der Waals surface area contributed by atoms with Gasteiger partial charge in [-0.3, -0.25) is 4.79 Å². The van der Waals surface area contributed by atoms with Gasteiger partial charge in [0, 0.05) is 19.6 Å². The van der Waals surface area contributed by atoms with Crippen molar-refractivity contribution in [1.82, 2.24) is 10.2 Å². The minimum atomic E-state index is -0.287. The van der Waals surface area contributed by atoms with Crippen molar-refractivity contribution in [3.63, 3.8) is 0 Å². The van der Waals surface area contributed by atoms with Gasteiger partial charge in [-0.2, -0.15) is 0 Å². The van der Waals surface area contributed by atoms with Gasteiger partial charge in [-0.05, 0) is 41.9 Å². The van der Waals surface area contributed by atoms with Crippen LogP contribution >= 0.6 is 27.3 Å². The minimum absolute atomic E-state index is 0.110. The Balaban J connectivity index is 1.81. The molecule has 2 saturated heterocycles. The largest absolute Gasteiger partial charge is 0.363 e. The van der Waals surface area contributed by atoms with Gasteiger partial charge in [-0.1, -0.05) is 0 Å². The zero-order chi connectivity index (χ0) is 13.7. The molecule has 1 N–H and O–H groups in total. The monoisotopic (exact) mass is 344 g/mol. The second kappa shape index (κ2) is 4.55. The van der Waals surface area contributed by atoms with Crippen LogP contribution in [-0.4, -0.2) is 48.2 Å². The average molecular weight is 345 g/mol. The van der Waals surface area contributed by atoms with Gasteiger partial charge >= 0.3 is 0 Å². The van der Waals surface area contributed by atoms with Gasteiger partial charge in [0.1, 0.15) is 5.60 Å². The van der Waals surface area contributed by atoms with E-state index in [-0.39, 0.29) is 17.1 Å². The van der Waals surface area contributed by atoms with Crippen LogP contribution in [0.1, 0.15) is 23.5 Å². The van der Waals surface area contributed by atoms with Crippen LogP contribution < -0.4 is 5.32 Å². The summed E-state index contributed by atoms with van der Waals surface area (Å²) in [6.45, 7) is 7.08. The number of nitrogens with zero attached hydrogens (tertiary/aromatic N) is 1. The van der Waals surface area contributed by atoms with E-state index in [0.717, 1.165) is 21.8 Å². The highest BCUT2D eigenvalue weighted by molar-refractivity contribution is 9.11. The third kappa shape index (κ3) is 2.59. The molecule has 6 heteroatoms. The van der Waals surface area contributed by atoms with Crippen molar-refractivity contribution < 1.29 is 9.53 Å². The van der Waals surface area contributed by atoms with Crippen LogP contribution in [0.25, 0.3) is 0 Å². The number of hydrogen-bond acceptors (Lipinski definition) is 4. The van der Waals surface area contributed by atoms with E-state index in [1.54, 1.807) is 0 Å². The molecule has 1 amide bonds. The Hall–Kier alpha value is -0.430. The fraction of sp³-hybridized carbons (Fsp3) is 0.615. The summed E-state index contributed by atoms with van der Waals surface area (Å²) in [6.07, 6.45) is 0. The molecule has 2 fully saturated rings. The summed E-state index contributed by atoms with van der Waals surface area (Å²) in [5.74, 6) is 0.110. The van der Waals surface area contributed by atoms with Crippen molar-refractivity contribution in [3.05, 3.63) is 20.8 Å². The SMILES string of the molecule is CC1(C)CN(C(=O)c2ccc(Br)s2)CC2(CNC2)O1. The lowest BCUT2D eigenvalue weighted by atomic mass is 9.90. The third-order valence-corrected chi connectivity index (χ3v) is 5.12. The first-order valence-electron chi connectivity index (χ1n) is 6.35. The summed E-state index contributed by atoms with van der Waals surface area (Å²) in [5, 5.41) is 3.24. The Morgan fingerprint density at radius 1 is 1.42 bits per heavy atom. The average Bonchev–Trinajstić information content (AvgIpc) is 2.70. The molecule has 0 bridgehead atoms. The first-order valence-corrected chi connectivity index (χ1v) is 7.96. The molecule has 0 unspecified atom stereocenters. The first kappa shape index (κ1) is 13.5. The fourth-order valence-electron chi connectivity index (χ4n) is 2.83. The Labute approximate surface area is 125 Å². The summed E-state index contributed by atoms with van der Waals surface area (Å²) < 4.78 is 7.15. The normalized spacial score (nSPS) is 24.3. The second-order valence-corrected chi connectivity index (χ2v) is 8.38. The van der Waals surface area contributed by atoms with Gasteiger partial charge in [0.2, 0.25) is 0 Å². The molecule has 4 nitrogen and oxygen atoms in total. The van der Waals surface area contributed by atoms with Gasteiger partial charge in [-0.15, -0.1) is 11.3 Å². The number of amides is 1. The van der Waals surface area contributed by atoms with Crippen molar-refractivity contribution in [3.8, 4) is 0 Å². The Kier molecular flexibility index (Phi) is 3.24.